The number of alkyl carbamates (subject to hydrolysis) is 1. The number of amides is 3. The molecule has 3 fully saturated rings. The molecule has 1 aromatic heterocycles. The zero-order valence-corrected chi connectivity index (χ0v) is 29.8. The summed E-state index contributed by atoms with van der Waals surface area (Å²) in [7, 11) is 0. The highest BCUT2D eigenvalue weighted by Gasteiger charge is 2.61. The number of carbonyl (C=O) groups is 4. The summed E-state index contributed by atoms with van der Waals surface area (Å²) in [6.45, 7) is 6.80. The van der Waals surface area contributed by atoms with E-state index >= 15 is 0 Å². The molecule has 5 atom stereocenters. The Balaban J connectivity index is 1.37. The first-order chi connectivity index (χ1) is 24.4. The summed E-state index contributed by atoms with van der Waals surface area (Å²) in [6, 6.07) is 8.45. The zero-order valence-electron chi connectivity index (χ0n) is 29.8. The highest BCUT2D eigenvalue weighted by atomic mass is 16.6. The fourth-order valence-electron chi connectivity index (χ4n) is 7.60. The normalized spacial score (nSPS) is 27.4. The Bertz CT molecular complexity index is 1710. The minimum atomic E-state index is -1.47. The molecule has 1 aliphatic carbocycles. The second-order valence-corrected chi connectivity index (χ2v) is 15.3. The summed E-state index contributed by atoms with van der Waals surface area (Å²) in [5.74, 6) is -2.61. The van der Waals surface area contributed by atoms with Crippen LogP contribution in [0.2, 0.25) is 0 Å². The van der Waals surface area contributed by atoms with Crippen LogP contribution < -0.4 is 21.1 Å². The van der Waals surface area contributed by atoms with E-state index in [0.717, 1.165) is 62.9 Å². The average molecular weight is 703 g/mol. The first-order valence-corrected chi connectivity index (χ1v) is 18.3. The van der Waals surface area contributed by atoms with Crippen molar-refractivity contribution in [1.82, 2.24) is 25.3 Å². The molecule has 51 heavy (non-hydrogen) atoms. The van der Waals surface area contributed by atoms with Crippen LogP contribution in [0.15, 0.2) is 53.3 Å². The predicted octanol–water partition coefficient (Wildman–Crippen LogP) is 4.42. The van der Waals surface area contributed by atoms with Crippen molar-refractivity contribution in [2.24, 2.45) is 5.92 Å². The largest absolute Gasteiger partial charge is 0.479 e. The van der Waals surface area contributed by atoms with Gasteiger partial charge >= 0.3 is 12.1 Å². The van der Waals surface area contributed by atoms with Gasteiger partial charge < -0.3 is 30.3 Å². The van der Waals surface area contributed by atoms with Gasteiger partial charge in [-0.05, 0) is 65.7 Å². The van der Waals surface area contributed by atoms with Crippen molar-refractivity contribution in [2.75, 3.05) is 24.5 Å². The lowest BCUT2D eigenvalue weighted by molar-refractivity contribution is -0.145. The molecule has 0 bridgehead atoms. The Kier molecular flexibility index (Phi) is 10.5. The molecule has 4 heterocycles. The fraction of sp³-hybridized carbons (Fsp3) is 0.579. The molecule has 6 rings (SSSR count). The maximum atomic E-state index is 14.5. The van der Waals surface area contributed by atoms with Gasteiger partial charge in [0.1, 0.15) is 28.9 Å². The number of aromatic nitrogens is 2. The number of benzene rings is 1. The molecule has 2 saturated heterocycles. The Hall–Kier alpha value is -4.68. The van der Waals surface area contributed by atoms with Gasteiger partial charge in [0.05, 0.1) is 11.7 Å². The first-order valence-electron chi connectivity index (χ1n) is 18.3. The van der Waals surface area contributed by atoms with E-state index in [9.17, 15) is 29.1 Å². The number of allylic oxidation sites excluding steroid dienone is 1. The Morgan fingerprint density at radius 3 is 2.45 bits per heavy atom. The summed E-state index contributed by atoms with van der Waals surface area (Å²) in [4.78, 5) is 71.6. The van der Waals surface area contributed by atoms with Crippen LogP contribution in [0.3, 0.4) is 0 Å². The fourth-order valence-corrected chi connectivity index (χ4v) is 7.60. The zero-order chi connectivity index (χ0) is 36.3. The molecular formula is C38H50N6O7. The molecule has 0 unspecified atom stereocenters. The smallest absolute Gasteiger partial charge is 0.408 e. The van der Waals surface area contributed by atoms with Crippen LogP contribution in [0.1, 0.15) is 91.0 Å². The number of ether oxygens (including phenoxy) is 1. The van der Waals surface area contributed by atoms with E-state index in [4.69, 9.17) is 9.84 Å². The van der Waals surface area contributed by atoms with E-state index < -0.39 is 53.1 Å². The van der Waals surface area contributed by atoms with Crippen molar-refractivity contribution >= 4 is 29.6 Å². The molecule has 0 radical (unpaired) electrons. The number of rotatable bonds is 5. The van der Waals surface area contributed by atoms with Gasteiger partial charge in [-0.3, -0.25) is 14.4 Å². The minimum Gasteiger partial charge on any atom is -0.479 e. The number of anilines is 1. The van der Waals surface area contributed by atoms with E-state index in [1.807, 2.05) is 42.5 Å². The average Bonchev–Trinajstić information content (AvgIpc) is 3.61. The summed E-state index contributed by atoms with van der Waals surface area (Å²) in [5.41, 5.74) is -0.392. The van der Waals surface area contributed by atoms with Gasteiger partial charge in [-0.1, -0.05) is 55.3 Å². The van der Waals surface area contributed by atoms with Crippen LogP contribution in [-0.4, -0.2) is 86.5 Å². The topological polar surface area (TPSA) is 163 Å². The lowest BCUT2D eigenvalue weighted by Crippen LogP contribution is -2.56. The third-order valence-electron chi connectivity index (χ3n) is 10.4. The SMILES string of the molecule is CC(C)(C)OC(=O)N[C@H]1CCCCCC=C[C@@H]2C[C@@]2(C(=O)O)NC(=O)[C@@H]2C[C@H](n3nc(-c4ccccc4)c(N4CCCCC4)cc3=O)CN2C1=O. The molecule has 3 aliphatic heterocycles. The van der Waals surface area contributed by atoms with Gasteiger partial charge in [-0.25, -0.2) is 14.3 Å². The predicted molar refractivity (Wildman–Crippen MR) is 191 cm³/mol. The van der Waals surface area contributed by atoms with Crippen LogP contribution in [0, 0.1) is 5.92 Å². The van der Waals surface area contributed by atoms with Crippen molar-refractivity contribution in [3.63, 3.8) is 0 Å². The van der Waals surface area contributed by atoms with Crippen LogP contribution >= 0.6 is 0 Å². The summed E-state index contributed by atoms with van der Waals surface area (Å²) in [6.07, 6.45) is 9.81. The molecule has 13 heteroatoms. The number of carboxylic acid groups (broad SMARTS) is 1. The molecule has 3 N–H and O–H groups in total. The lowest BCUT2D eigenvalue weighted by atomic mass is 10.0. The molecule has 0 spiro atoms. The number of hydrogen-bond acceptors (Lipinski definition) is 8. The molecule has 13 nitrogen and oxygen atoms in total. The summed E-state index contributed by atoms with van der Waals surface area (Å²) < 4.78 is 6.86. The Morgan fingerprint density at radius 1 is 1.02 bits per heavy atom. The quantitative estimate of drug-likeness (QED) is 0.383. The molecule has 1 saturated carbocycles. The molecule has 1 aromatic carbocycles. The van der Waals surface area contributed by atoms with E-state index in [1.165, 1.54) is 9.58 Å². The number of carbonyl (C=O) groups excluding carboxylic acids is 3. The Labute approximate surface area is 298 Å². The van der Waals surface area contributed by atoms with Crippen molar-refractivity contribution in [2.45, 2.75) is 114 Å². The van der Waals surface area contributed by atoms with E-state index in [2.05, 4.69) is 15.5 Å². The van der Waals surface area contributed by atoms with Crippen molar-refractivity contribution in [3.8, 4) is 11.3 Å². The number of hydrogen-bond donors (Lipinski definition) is 3. The van der Waals surface area contributed by atoms with Crippen LogP contribution in [-0.2, 0) is 19.1 Å². The monoisotopic (exact) mass is 702 g/mol. The molecule has 4 aliphatic rings. The highest BCUT2D eigenvalue weighted by molar-refractivity contribution is 5.96. The molecular weight excluding hydrogens is 652 g/mol. The van der Waals surface area contributed by atoms with Crippen molar-refractivity contribution in [3.05, 3.63) is 58.9 Å². The van der Waals surface area contributed by atoms with Gasteiger partial charge in [-0.15, -0.1) is 0 Å². The molecule has 2 aromatic rings. The number of fused-ring (bicyclic) bond motifs is 2. The maximum absolute atomic E-state index is 14.5. The number of nitrogens with zero attached hydrogens (tertiary/aromatic N) is 4. The lowest BCUT2D eigenvalue weighted by Gasteiger charge is -2.31. The summed E-state index contributed by atoms with van der Waals surface area (Å²) >= 11 is 0. The highest BCUT2D eigenvalue weighted by Crippen LogP contribution is 2.45. The first kappa shape index (κ1) is 36.1. The summed E-state index contributed by atoms with van der Waals surface area (Å²) in [5, 5.41) is 20.7. The maximum Gasteiger partial charge on any atom is 0.408 e. The third-order valence-corrected chi connectivity index (χ3v) is 10.4. The number of carboxylic acids is 1. The number of piperidine rings is 1. The van der Waals surface area contributed by atoms with E-state index in [1.54, 1.807) is 26.8 Å². The van der Waals surface area contributed by atoms with Gasteiger partial charge in [0.2, 0.25) is 11.8 Å². The number of nitrogens with one attached hydrogen (secondary N) is 2. The van der Waals surface area contributed by atoms with E-state index in [-0.39, 0.29) is 30.9 Å². The van der Waals surface area contributed by atoms with Gasteiger partial charge in [0, 0.05) is 43.6 Å². The van der Waals surface area contributed by atoms with Crippen molar-refractivity contribution < 1.29 is 29.0 Å². The van der Waals surface area contributed by atoms with Crippen LogP contribution in [0.5, 0.6) is 0 Å². The molecule has 274 valence electrons. The standard InChI is InChI=1S/C38H50N6O7/c1-37(2,3)51-36(50)39-28-18-12-6-4-5-11-17-26-23-38(26,35(48)49)40-33(46)30-21-27(24-43(30)34(28)47)44-31(45)22-29(42-19-13-8-14-20-42)32(41-44)25-15-9-7-10-16-25/h7,9-11,15-17,22,26-28,30H,4-6,8,12-14,18-21,23-24H2,1-3H3,(H,39,50)(H,40,46)(H,48,49)/t26-,27+,28+,30+,38-/m1/s1. The van der Waals surface area contributed by atoms with Crippen molar-refractivity contribution in [1.29, 1.82) is 0 Å². The second-order valence-electron chi connectivity index (χ2n) is 15.3. The number of aliphatic carboxylic acids is 1. The van der Waals surface area contributed by atoms with Gasteiger partial charge in [0.25, 0.3) is 5.56 Å². The van der Waals surface area contributed by atoms with E-state index in [0.29, 0.717) is 18.5 Å². The van der Waals surface area contributed by atoms with Gasteiger partial charge in [-0.2, -0.15) is 5.10 Å². The van der Waals surface area contributed by atoms with Gasteiger partial charge in [0.15, 0.2) is 0 Å². The second kappa shape index (κ2) is 14.9. The third kappa shape index (κ3) is 8.12. The Morgan fingerprint density at radius 2 is 1.75 bits per heavy atom. The van der Waals surface area contributed by atoms with Crippen LogP contribution in [0.4, 0.5) is 10.5 Å². The van der Waals surface area contributed by atoms with Crippen LogP contribution in [0.25, 0.3) is 11.3 Å². The molecule has 3 amide bonds. The minimum absolute atomic E-state index is 0.0307.